The number of nitrogens with two attached hydrogens (primary N) is 1. The van der Waals surface area contributed by atoms with Gasteiger partial charge in [-0.15, -0.1) is 0 Å². The Balaban J connectivity index is 1.54. The summed E-state index contributed by atoms with van der Waals surface area (Å²) < 4.78 is 46.3. The molecule has 0 heterocycles. The van der Waals surface area contributed by atoms with E-state index in [-0.39, 0.29) is 42.8 Å². The molecule has 0 saturated heterocycles. The third kappa shape index (κ3) is 9.18. The largest absolute Gasteiger partial charge is 0.455 e. The SMILES string of the molecule is CC(C)(C)c1ccc(CN(C(=O)CCC(=O)NCc2ccccc2C(F)(F)F)c2ccccc2Oc2cccc(CN)c2)cc1. The van der Waals surface area contributed by atoms with Gasteiger partial charge in [0.05, 0.1) is 17.8 Å². The van der Waals surface area contributed by atoms with Gasteiger partial charge < -0.3 is 20.7 Å². The monoisotopic (exact) mass is 617 g/mol. The number of rotatable bonds is 11. The van der Waals surface area contributed by atoms with Crippen molar-refractivity contribution in [3.05, 3.63) is 125 Å². The van der Waals surface area contributed by atoms with E-state index in [9.17, 15) is 22.8 Å². The summed E-state index contributed by atoms with van der Waals surface area (Å²) in [5, 5.41) is 2.53. The van der Waals surface area contributed by atoms with Crippen LogP contribution in [-0.4, -0.2) is 11.8 Å². The van der Waals surface area contributed by atoms with Gasteiger partial charge in [0.25, 0.3) is 0 Å². The van der Waals surface area contributed by atoms with E-state index in [1.807, 2.05) is 42.5 Å². The molecule has 0 radical (unpaired) electrons. The molecule has 0 aliphatic rings. The Morgan fingerprint density at radius 1 is 0.822 bits per heavy atom. The van der Waals surface area contributed by atoms with E-state index in [0.29, 0.717) is 23.7 Å². The second kappa shape index (κ2) is 14.4. The van der Waals surface area contributed by atoms with Crippen molar-refractivity contribution in [1.82, 2.24) is 5.32 Å². The van der Waals surface area contributed by atoms with Crippen LogP contribution in [0, 0.1) is 0 Å². The maximum atomic E-state index is 13.8. The second-order valence-electron chi connectivity index (χ2n) is 11.8. The quantitative estimate of drug-likeness (QED) is 0.179. The third-order valence-electron chi connectivity index (χ3n) is 7.34. The Kier molecular flexibility index (Phi) is 10.7. The van der Waals surface area contributed by atoms with Crippen LogP contribution in [0.4, 0.5) is 18.9 Å². The molecule has 0 saturated carbocycles. The van der Waals surface area contributed by atoms with Crippen LogP contribution in [0.1, 0.15) is 61.4 Å². The van der Waals surface area contributed by atoms with Gasteiger partial charge in [-0.1, -0.05) is 87.5 Å². The first-order chi connectivity index (χ1) is 21.3. The van der Waals surface area contributed by atoms with Gasteiger partial charge in [0.15, 0.2) is 5.75 Å². The molecule has 0 bridgehead atoms. The average Bonchev–Trinajstić information content (AvgIpc) is 3.01. The van der Waals surface area contributed by atoms with E-state index in [0.717, 1.165) is 22.8 Å². The summed E-state index contributed by atoms with van der Waals surface area (Å²) in [5.74, 6) is 0.135. The number of nitrogens with one attached hydrogen (secondary N) is 1. The highest BCUT2D eigenvalue weighted by Crippen LogP contribution is 2.35. The van der Waals surface area contributed by atoms with Crippen molar-refractivity contribution in [2.24, 2.45) is 5.73 Å². The molecule has 0 atom stereocenters. The van der Waals surface area contributed by atoms with Crippen molar-refractivity contribution in [3.63, 3.8) is 0 Å². The molecule has 0 aromatic heterocycles. The lowest BCUT2D eigenvalue weighted by Crippen LogP contribution is -2.32. The number of carbonyl (C=O) groups excluding carboxylic acids is 2. The van der Waals surface area contributed by atoms with Crippen LogP contribution in [0.15, 0.2) is 97.1 Å². The Labute approximate surface area is 262 Å². The molecule has 45 heavy (non-hydrogen) atoms. The lowest BCUT2D eigenvalue weighted by Gasteiger charge is -2.26. The zero-order valence-electron chi connectivity index (χ0n) is 25.7. The predicted molar refractivity (Wildman–Crippen MR) is 170 cm³/mol. The molecule has 236 valence electrons. The summed E-state index contributed by atoms with van der Waals surface area (Å²) >= 11 is 0. The molecule has 4 aromatic carbocycles. The summed E-state index contributed by atoms with van der Waals surface area (Å²) in [7, 11) is 0. The number of hydrogen-bond donors (Lipinski definition) is 2. The van der Waals surface area contributed by atoms with E-state index in [1.165, 1.54) is 18.2 Å². The highest BCUT2D eigenvalue weighted by atomic mass is 19.4. The van der Waals surface area contributed by atoms with Crippen molar-refractivity contribution in [1.29, 1.82) is 0 Å². The predicted octanol–water partition coefficient (Wildman–Crippen LogP) is 7.88. The Morgan fingerprint density at radius 3 is 2.20 bits per heavy atom. The van der Waals surface area contributed by atoms with Crippen LogP contribution in [0.5, 0.6) is 11.5 Å². The van der Waals surface area contributed by atoms with Crippen LogP contribution >= 0.6 is 0 Å². The molecule has 0 unspecified atom stereocenters. The summed E-state index contributed by atoms with van der Waals surface area (Å²) in [4.78, 5) is 28.0. The van der Waals surface area contributed by atoms with E-state index in [1.54, 1.807) is 35.2 Å². The minimum Gasteiger partial charge on any atom is -0.455 e. The first kappa shape index (κ1) is 33.3. The Hall–Kier alpha value is -4.63. The van der Waals surface area contributed by atoms with Gasteiger partial charge in [0.1, 0.15) is 5.75 Å². The summed E-state index contributed by atoms with van der Waals surface area (Å²) in [6, 6.07) is 27.6. The van der Waals surface area contributed by atoms with Crippen LogP contribution < -0.4 is 20.7 Å². The number of ether oxygens (including phenoxy) is 1. The molecule has 0 spiro atoms. The molecular weight excluding hydrogens is 579 g/mol. The number of nitrogens with zero attached hydrogens (tertiary/aromatic N) is 1. The zero-order chi connectivity index (χ0) is 32.6. The van der Waals surface area contributed by atoms with Gasteiger partial charge in [-0.25, -0.2) is 0 Å². The highest BCUT2D eigenvalue weighted by molar-refractivity contribution is 5.96. The minimum absolute atomic E-state index is 0.0412. The van der Waals surface area contributed by atoms with E-state index in [2.05, 4.69) is 26.1 Å². The van der Waals surface area contributed by atoms with Gasteiger partial charge in [0, 0.05) is 25.9 Å². The third-order valence-corrected chi connectivity index (χ3v) is 7.34. The number of carbonyl (C=O) groups is 2. The fraction of sp³-hybridized carbons (Fsp3) is 0.278. The van der Waals surface area contributed by atoms with Gasteiger partial charge in [-0.2, -0.15) is 13.2 Å². The summed E-state index contributed by atoms with van der Waals surface area (Å²) in [6.07, 6.45) is -4.90. The van der Waals surface area contributed by atoms with Crippen molar-refractivity contribution in [2.75, 3.05) is 4.90 Å². The van der Waals surface area contributed by atoms with Crippen LogP contribution in [-0.2, 0) is 40.8 Å². The standard InChI is InChI=1S/C36H38F3N3O3/c1-35(2,3)28-17-15-25(16-18-28)24-42(31-13-6-7-14-32(31)45-29-11-8-9-26(21-29)22-40)34(44)20-19-33(43)41-23-27-10-4-5-12-30(27)36(37,38)39/h4-18,21H,19-20,22-24,40H2,1-3H3,(H,41,43). The number of benzene rings is 4. The summed E-state index contributed by atoms with van der Waals surface area (Å²) in [5.41, 5.74) is 8.34. The number of hydrogen-bond acceptors (Lipinski definition) is 4. The minimum atomic E-state index is -4.54. The molecule has 4 aromatic rings. The van der Waals surface area contributed by atoms with E-state index in [4.69, 9.17) is 10.5 Å². The van der Waals surface area contributed by atoms with Crippen molar-refractivity contribution in [3.8, 4) is 11.5 Å². The molecule has 9 heteroatoms. The molecule has 0 fully saturated rings. The zero-order valence-corrected chi connectivity index (χ0v) is 25.7. The Morgan fingerprint density at radius 2 is 1.51 bits per heavy atom. The van der Waals surface area contributed by atoms with Gasteiger partial charge in [-0.05, 0) is 58.0 Å². The second-order valence-corrected chi connectivity index (χ2v) is 11.8. The highest BCUT2D eigenvalue weighted by Gasteiger charge is 2.33. The Bertz CT molecular complexity index is 1610. The van der Waals surface area contributed by atoms with Crippen LogP contribution in [0.2, 0.25) is 0 Å². The molecule has 2 amide bonds. The topological polar surface area (TPSA) is 84.7 Å². The average molecular weight is 618 g/mol. The number of halogens is 3. The maximum absolute atomic E-state index is 13.8. The van der Waals surface area contributed by atoms with Gasteiger partial charge in [-0.3, -0.25) is 9.59 Å². The molecule has 0 aliphatic heterocycles. The first-order valence-electron chi connectivity index (χ1n) is 14.7. The fourth-order valence-electron chi connectivity index (χ4n) is 4.82. The number of alkyl halides is 3. The smallest absolute Gasteiger partial charge is 0.416 e. The molecule has 4 rings (SSSR count). The molecule has 0 aliphatic carbocycles. The number of para-hydroxylation sites is 2. The van der Waals surface area contributed by atoms with Crippen molar-refractivity contribution >= 4 is 17.5 Å². The summed E-state index contributed by atoms with van der Waals surface area (Å²) in [6.45, 7) is 6.63. The van der Waals surface area contributed by atoms with Gasteiger partial charge in [0.2, 0.25) is 11.8 Å². The maximum Gasteiger partial charge on any atom is 0.416 e. The molecule has 6 nitrogen and oxygen atoms in total. The number of amides is 2. The van der Waals surface area contributed by atoms with Crippen molar-refractivity contribution < 1.29 is 27.5 Å². The molecular formula is C36H38F3N3O3. The molecule has 3 N–H and O–H groups in total. The first-order valence-corrected chi connectivity index (χ1v) is 14.7. The normalized spacial score (nSPS) is 11.6. The fourth-order valence-corrected chi connectivity index (χ4v) is 4.82. The van der Waals surface area contributed by atoms with Crippen molar-refractivity contribution in [2.45, 2.75) is 64.8 Å². The lowest BCUT2D eigenvalue weighted by atomic mass is 9.87. The van der Waals surface area contributed by atoms with E-state index < -0.39 is 17.6 Å². The van der Waals surface area contributed by atoms with Gasteiger partial charge >= 0.3 is 6.18 Å². The lowest BCUT2D eigenvalue weighted by molar-refractivity contribution is -0.138. The van der Waals surface area contributed by atoms with Crippen LogP contribution in [0.25, 0.3) is 0 Å². The van der Waals surface area contributed by atoms with E-state index >= 15 is 0 Å². The van der Waals surface area contributed by atoms with Crippen LogP contribution in [0.3, 0.4) is 0 Å². The number of anilines is 1.